The SMILES string of the molecule is CC(C)(CO)C(=O)n1nc(-c2ccccn2)cc1NCc1ccc(Cl)s1. The number of halogens is 1. The predicted molar refractivity (Wildman–Crippen MR) is 104 cm³/mol. The monoisotopic (exact) mass is 390 g/mol. The number of nitrogens with zero attached hydrogens (tertiary/aromatic N) is 3. The second-order valence-corrected chi connectivity index (χ2v) is 8.25. The van der Waals surface area contributed by atoms with E-state index >= 15 is 0 Å². The van der Waals surface area contributed by atoms with Crippen molar-refractivity contribution in [1.29, 1.82) is 0 Å². The van der Waals surface area contributed by atoms with Crippen LogP contribution in [0.4, 0.5) is 5.82 Å². The van der Waals surface area contributed by atoms with Gasteiger partial charge in [-0.1, -0.05) is 17.7 Å². The summed E-state index contributed by atoms with van der Waals surface area (Å²) in [5.74, 6) is 0.246. The van der Waals surface area contributed by atoms with E-state index in [2.05, 4.69) is 15.4 Å². The molecule has 6 nitrogen and oxygen atoms in total. The molecule has 136 valence electrons. The van der Waals surface area contributed by atoms with Crippen LogP contribution in [-0.4, -0.2) is 32.4 Å². The van der Waals surface area contributed by atoms with Crippen LogP contribution in [-0.2, 0) is 6.54 Å². The van der Waals surface area contributed by atoms with Crippen molar-refractivity contribution in [3.63, 3.8) is 0 Å². The Labute approximate surface area is 160 Å². The molecule has 0 aliphatic carbocycles. The highest BCUT2D eigenvalue weighted by molar-refractivity contribution is 7.16. The van der Waals surface area contributed by atoms with Crippen LogP contribution in [0.3, 0.4) is 0 Å². The molecule has 26 heavy (non-hydrogen) atoms. The van der Waals surface area contributed by atoms with Crippen LogP contribution in [0.25, 0.3) is 11.4 Å². The number of pyridine rings is 1. The summed E-state index contributed by atoms with van der Waals surface area (Å²) in [7, 11) is 0. The zero-order valence-electron chi connectivity index (χ0n) is 14.4. The molecule has 0 fully saturated rings. The number of hydrogen-bond donors (Lipinski definition) is 2. The number of anilines is 1. The molecule has 3 aromatic rings. The number of rotatable bonds is 6. The van der Waals surface area contributed by atoms with Crippen LogP contribution in [0.2, 0.25) is 4.34 Å². The Morgan fingerprint density at radius 3 is 2.73 bits per heavy atom. The minimum absolute atomic E-state index is 0.273. The first-order valence-electron chi connectivity index (χ1n) is 8.06. The Balaban J connectivity index is 1.94. The first-order chi connectivity index (χ1) is 12.4. The standard InChI is InChI=1S/C18H19ClN4O2S/c1-18(2,11-24)17(25)23-16(21-10-12-6-7-15(19)26-12)9-14(22-23)13-5-3-4-8-20-13/h3-9,21,24H,10-11H2,1-2H3. The molecule has 0 aliphatic rings. The van der Waals surface area contributed by atoms with E-state index in [-0.39, 0.29) is 12.5 Å². The van der Waals surface area contributed by atoms with Crippen molar-refractivity contribution in [3.05, 3.63) is 51.8 Å². The lowest BCUT2D eigenvalue weighted by atomic mass is 9.94. The maximum atomic E-state index is 12.8. The summed E-state index contributed by atoms with van der Waals surface area (Å²) >= 11 is 7.44. The number of nitrogens with one attached hydrogen (secondary N) is 1. The number of aromatic nitrogens is 3. The topological polar surface area (TPSA) is 80.0 Å². The lowest BCUT2D eigenvalue weighted by molar-refractivity contribution is 0.0616. The van der Waals surface area contributed by atoms with E-state index < -0.39 is 5.41 Å². The molecular formula is C18H19ClN4O2S. The van der Waals surface area contributed by atoms with Crippen LogP contribution in [0.5, 0.6) is 0 Å². The molecule has 0 amide bonds. The first-order valence-corrected chi connectivity index (χ1v) is 9.25. The smallest absolute Gasteiger partial charge is 0.256 e. The third-order valence-corrected chi connectivity index (χ3v) is 5.11. The van der Waals surface area contributed by atoms with Gasteiger partial charge in [-0.05, 0) is 38.1 Å². The summed E-state index contributed by atoms with van der Waals surface area (Å²) in [4.78, 5) is 18.2. The van der Waals surface area contributed by atoms with Crippen LogP contribution in [0.15, 0.2) is 42.6 Å². The van der Waals surface area contributed by atoms with Gasteiger partial charge in [0.05, 0.1) is 28.6 Å². The molecule has 0 unspecified atom stereocenters. The lowest BCUT2D eigenvalue weighted by Gasteiger charge is -2.20. The van der Waals surface area contributed by atoms with Crippen LogP contribution < -0.4 is 5.32 Å². The van der Waals surface area contributed by atoms with Crippen molar-refractivity contribution in [2.45, 2.75) is 20.4 Å². The number of aliphatic hydroxyl groups excluding tert-OH is 1. The number of thiophene rings is 1. The second kappa shape index (κ2) is 7.57. The summed E-state index contributed by atoms with van der Waals surface area (Å²) in [6.07, 6.45) is 1.68. The van der Waals surface area contributed by atoms with E-state index in [4.69, 9.17) is 11.6 Å². The maximum Gasteiger partial charge on any atom is 0.256 e. The Hall–Kier alpha value is -2.22. The quantitative estimate of drug-likeness (QED) is 0.666. The average Bonchev–Trinajstić information content (AvgIpc) is 3.26. The average molecular weight is 391 g/mol. The molecule has 0 radical (unpaired) electrons. The minimum atomic E-state index is -0.948. The fourth-order valence-corrected chi connectivity index (χ4v) is 3.31. The minimum Gasteiger partial charge on any atom is -0.395 e. The Morgan fingerprint density at radius 2 is 2.12 bits per heavy atom. The van der Waals surface area contributed by atoms with Gasteiger partial charge in [0.15, 0.2) is 0 Å². The fourth-order valence-electron chi connectivity index (χ4n) is 2.28. The highest BCUT2D eigenvalue weighted by atomic mass is 35.5. The van der Waals surface area contributed by atoms with Crippen LogP contribution in [0, 0.1) is 5.41 Å². The van der Waals surface area contributed by atoms with Crippen LogP contribution >= 0.6 is 22.9 Å². The van der Waals surface area contributed by atoms with E-state index in [0.717, 1.165) is 4.88 Å². The third-order valence-electron chi connectivity index (χ3n) is 3.88. The molecule has 2 N–H and O–H groups in total. The van der Waals surface area contributed by atoms with Crippen molar-refractivity contribution in [1.82, 2.24) is 14.8 Å². The zero-order chi connectivity index (χ0) is 18.7. The van der Waals surface area contributed by atoms with Crippen molar-refractivity contribution in [2.24, 2.45) is 5.41 Å². The van der Waals surface area contributed by atoms with Gasteiger partial charge in [-0.3, -0.25) is 9.78 Å². The van der Waals surface area contributed by atoms with Gasteiger partial charge in [-0.25, -0.2) is 0 Å². The molecule has 0 saturated heterocycles. The molecule has 0 bridgehead atoms. The molecule has 0 atom stereocenters. The summed E-state index contributed by atoms with van der Waals surface area (Å²) < 4.78 is 2.01. The zero-order valence-corrected chi connectivity index (χ0v) is 16.0. The van der Waals surface area contributed by atoms with Crippen molar-refractivity contribution >= 4 is 34.7 Å². The number of aliphatic hydroxyl groups is 1. The van der Waals surface area contributed by atoms with E-state index in [0.29, 0.717) is 28.1 Å². The van der Waals surface area contributed by atoms with E-state index in [1.54, 1.807) is 26.1 Å². The highest BCUT2D eigenvalue weighted by Gasteiger charge is 2.31. The molecule has 0 spiro atoms. The van der Waals surface area contributed by atoms with E-state index in [1.165, 1.54) is 16.0 Å². The maximum absolute atomic E-state index is 12.8. The Kier molecular flexibility index (Phi) is 5.41. The number of hydrogen-bond acceptors (Lipinski definition) is 6. The molecule has 0 saturated carbocycles. The lowest BCUT2D eigenvalue weighted by Crippen LogP contribution is -2.34. The van der Waals surface area contributed by atoms with Crippen LogP contribution in [0.1, 0.15) is 23.5 Å². The van der Waals surface area contributed by atoms with Crippen molar-refractivity contribution < 1.29 is 9.90 Å². The van der Waals surface area contributed by atoms with E-state index in [1.807, 2.05) is 30.3 Å². The summed E-state index contributed by atoms with van der Waals surface area (Å²) in [5, 5.41) is 17.2. The van der Waals surface area contributed by atoms with Gasteiger partial charge in [0.1, 0.15) is 11.5 Å². The molecule has 3 aromatic heterocycles. The molecule has 0 aromatic carbocycles. The van der Waals surface area contributed by atoms with Gasteiger partial charge in [0.2, 0.25) is 0 Å². The van der Waals surface area contributed by atoms with Crippen molar-refractivity contribution in [3.8, 4) is 11.4 Å². The van der Waals surface area contributed by atoms with Gasteiger partial charge in [0.25, 0.3) is 5.91 Å². The largest absolute Gasteiger partial charge is 0.395 e. The van der Waals surface area contributed by atoms with Gasteiger partial charge < -0.3 is 10.4 Å². The number of carbonyl (C=O) groups is 1. The first kappa shape index (κ1) is 18.6. The highest BCUT2D eigenvalue weighted by Crippen LogP contribution is 2.26. The van der Waals surface area contributed by atoms with Crippen molar-refractivity contribution in [2.75, 3.05) is 11.9 Å². The normalized spacial score (nSPS) is 11.5. The molecule has 3 rings (SSSR count). The molecule has 8 heteroatoms. The fraction of sp³-hybridized carbons (Fsp3) is 0.278. The van der Waals surface area contributed by atoms with E-state index in [9.17, 15) is 9.90 Å². The van der Waals surface area contributed by atoms with Gasteiger partial charge >= 0.3 is 0 Å². The molecule has 0 aliphatic heterocycles. The molecule has 3 heterocycles. The van der Waals surface area contributed by atoms with Gasteiger partial charge in [-0.15, -0.1) is 11.3 Å². The Bertz CT molecular complexity index is 905. The second-order valence-electron chi connectivity index (χ2n) is 6.45. The number of carbonyl (C=O) groups excluding carboxylic acids is 1. The van der Waals surface area contributed by atoms with Gasteiger partial charge in [0, 0.05) is 17.1 Å². The molecular weight excluding hydrogens is 372 g/mol. The van der Waals surface area contributed by atoms with Gasteiger partial charge in [-0.2, -0.15) is 9.78 Å². The predicted octanol–water partition coefficient (Wildman–Crippen LogP) is 3.93. The summed E-state index contributed by atoms with van der Waals surface area (Å²) in [6, 6.07) is 11.1. The third kappa shape index (κ3) is 3.95. The Morgan fingerprint density at radius 1 is 1.31 bits per heavy atom. The summed E-state index contributed by atoms with van der Waals surface area (Å²) in [6.45, 7) is 3.60. The summed E-state index contributed by atoms with van der Waals surface area (Å²) in [5.41, 5.74) is 0.304.